The predicted octanol–water partition coefficient (Wildman–Crippen LogP) is 4.74. The zero-order valence-corrected chi connectivity index (χ0v) is 16.9. The van der Waals surface area contributed by atoms with E-state index >= 15 is 0 Å². The second-order valence-electron chi connectivity index (χ2n) is 6.37. The number of carbonyl (C=O) groups is 2. The van der Waals surface area contributed by atoms with Gasteiger partial charge in [-0.05, 0) is 38.0 Å². The van der Waals surface area contributed by atoms with Gasteiger partial charge in [0.1, 0.15) is 10.7 Å². The number of aryl methyl sites for hydroxylation is 1. The summed E-state index contributed by atoms with van der Waals surface area (Å²) in [6.45, 7) is 7.92. The fourth-order valence-corrected chi connectivity index (χ4v) is 3.68. The maximum Gasteiger partial charge on any atom is 0.350 e. The van der Waals surface area contributed by atoms with Crippen molar-refractivity contribution in [3.8, 4) is 0 Å². The third-order valence-electron chi connectivity index (χ3n) is 4.14. The SMILES string of the molecule is CCCC(C)C(=O)N(Cc1ccc(F)cc1)c1nc(C)c(C(=O)OCC)s1. The number of rotatable bonds is 8. The van der Waals surface area contributed by atoms with Crippen LogP contribution in [-0.2, 0) is 16.1 Å². The van der Waals surface area contributed by atoms with E-state index in [-0.39, 0.29) is 30.8 Å². The third kappa shape index (κ3) is 5.35. The summed E-state index contributed by atoms with van der Waals surface area (Å²) in [5.74, 6) is -1.00. The number of amides is 1. The van der Waals surface area contributed by atoms with Crippen molar-refractivity contribution in [3.05, 3.63) is 46.2 Å². The van der Waals surface area contributed by atoms with Gasteiger partial charge in [0.2, 0.25) is 5.91 Å². The normalized spacial score (nSPS) is 11.9. The molecule has 0 bridgehead atoms. The van der Waals surface area contributed by atoms with Crippen LogP contribution in [-0.4, -0.2) is 23.5 Å². The van der Waals surface area contributed by atoms with Gasteiger partial charge >= 0.3 is 5.97 Å². The first kappa shape index (κ1) is 21.0. The number of esters is 1. The van der Waals surface area contributed by atoms with Crippen LogP contribution in [0.4, 0.5) is 9.52 Å². The van der Waals surface area contributed by atoms with Gasteiger partial charge in [-0.1, -0.05) is 43.7 Å². The maximum atomic E-state index is 13.2. The van der Waals surface area contributed by atoms with E-state index in [2.05, 4.69) is 4.98 Å². The van der Waals surface area contributed by atoms with E-state index in [1.165, 1.54) is 12.1 Å². The minimum absolute atomic E-state index is 0.0645. The second kappa shape index (κ2) is 9.60. The van der Waals surface area contributed by atoms with Crippen LogP contribution in [0.3, 0.4) is 0 Å². The summed E-state index contributed by atoms with van der Waals surface area (Å²) in [7, 11) is 0. The molecule has 1 aromatic carbocycles. The number of benzene rings is 1. The number of hydrogen-bond donors (Lipinski definition) is 0. The molecule has 5 nitrogen and oxygen atoms in total. The van der Waals surface area contributed by atoms with Crippen molar-refractivity contribution in [1.29, 1.82) is 0 Å². The zero-order chi connectivity index (χ0) is 20.0. The summed E-state index contributed by atoms with van der Waals surface area (Å²) in [6.07, 6.45) is 1.65. The first-order valence-electron chi connectivity index (χ1n) is 9.07. The van der Waals surface area contributed by atoms with E-state index in [1.54, 1.807) is 30.9 Å². The fraction of sp³-hybridized carbons (Fsp3) is 0.450. The Morgan fingerprint density at radius 3 is 2.52 bits per heavy atom. The molecule has 0 aliphatic rings. The summed E-state index contributed by atoms with van der Waals surface area (Å²) < 4.78 is 18.3. The molecule has 0 spiro atoms. The summed E-state index contributed by atoms with van der Waals surface area (Å²) in [6, 6.07) is 6.02. The Morgan fingerprint density at radius 1 is 1.26 bits per heavy atom. The summed E-state index contributed by atoms with van der Waals surface area (Å²) >= 11 is 1.15. The van der Waals surface area contributed by atoms with Gasteiger partial charge < -0.3 is 4.74 Å². The molecule has 1 heterocycles. The molecule has 7 heteroatoms. The number of carbonyl (C=O) groups excluding carboxylic acids is 2. The molecule has 1 aromatic heterocycles. The molecular weight excluding hydrogens is 367 g/mol. The number of anilines is 1. The summed E-state index contributed by atoms with van der Waals surface area (Å²) in [5.41, 5.74) is 1.33. The Bertz CT molecular complexity index is 789. The van der Waals surface area contributed by atoms with Gasteiger partial charge in [0.15, 0.2) is 5.13 Å². The Morgan fingerprint density at radius 2 is 1.93 bits per heavy atom. The van der Waals surface area contributed by atoms with Crippen LogP contribution in [0.1, 0.15) is 54.5 Å². The number of thiazole rings is 1. The lowest BCUT2D eigenvalue weighted by molar-refractivity contribution is -0.122. The van der Waals surface area contributed by atoms with Crippen LogP contribution in [0.2, 0.25) is 0 Å². The van der Waals surface area contributed by atoms with E-state index in [0.29, 0.717) is 15.7 Å². The number of aromatic nitrogens is 1. The van der Waals surface area contributed by atoms with Gasteiger partial charge in [-0.25, -0.2) is 14.2 Å². The quantitative estimate of drug-likeness (QED) is 0.609. The number of hydrogen-bond acceptors (Lipinski definition) is 5. The van der Waals surface area contributed by atoms with Crippen molar-refractivity contribution in [2.45, 2.75) is 47.1 Å². The van der Waals surface area contributed by atoms with Crippen molar-refractivity contribution in [3.63, 3.8) is 0 Å². The summed E-state index contributed by atoms with van der Waals surface area (Å²) in [4.78, 5) is 31.5. The molecule has 0 radical (unpaired) electrons. The Hall–Kier alpha value is -2.28. The third-order valence-corrected chi connectivity index (χ3v) is 5.30. The molecule has 27 heavy (non-hydrogen) atoms. The topological polar surface area (TPSA) is 59.5 Å². The Balaban J connectivity index is 2.36. The molecule has 146 valence electrons. The van der Waals surface area contributed by atoms with E-state index in [1.807, 2.05) is 13.8 Å². The monoisotopic (exact) mass is 392 g/mol. The molecule has 0 fully saturated rings. The van der Waals surface area contributed by atoms with Crippen LogP contribution >= 0.6 is 11.3 Å². The minimum atomic E-state index is -0.436. The first-order chi connectivity index (χ1) is 12.9. The lowest BCUT2D eigenvalue weighted by Crippen LogP contribution is -2.34. The molecule has 0 aliphatic heterocycles. The molecule has 2 rings (SSSR count). The number of nitrogens with zero attached hydrogens (tertiary/aromatic N) is 2. The van der Waals surface area contributed by atoms with Crippen molar-refractivity contribution in [1.82, 2.24) is 4.98 Å². The maximum absolute atomic E-state index is 13.2. The van der Waals surface area contributed by atoms with E-state index < -0.39 is 5.97 Å². The molecule has 2 aromatic rings. The largest absolute Gasteiger partial charge is 0.462 e. The highest BCUT2D eigenvalue weighted by Crippen LogP contribution is 2.30. The van der Waals surface area contributed by atoms with Crippen LogP contribution in [0.25, 0.3) is 0 Å². The van der Waals surface area contributed by atoms with Gasteiger partial charge in [-0.3, -0.25) is 9.69 Å². The molecule has 1 atom stereocenters. The highest BCUT2D eigenvalue weighted by atomic mass is 32.1. The molecule has 0 saturated heterocycles. The number of ether oxygens (including phenoxy) is 1. The van der Waals surface area contributed by atoms with Gasteiger partial charge in [0.05, 0.1) is 18.8 Å². The van der Waals surface area contributed by atoms with E-state index in [0.717, 1.165) is 29.7 Å². The molecule has 0 N–H and O–H groups in total. The average Bonchev–Trinajstić information content (AvgIpc) is 3.02. The predicted molar refractivity (Wildman–Crippen MR) is 104 cm³/mol. The molecule has 1 amide bonds. The van der Waals surface area contributed by atoms with Crippen LogP contribution in [0.5, 0.6) is 0 Å². The minimum Gasteiger partial charge on any atom is -0.462 e. The van der Waals surface area contributed by atoms with Gasteiger partial charge in [0, 0.05) is 5.92 Å². The fourth-order valence-electron chi connectivity index (χ4n) is 2.72. The highest BCUT2D eigenvalue weighted by Gasteiger charge is 2.27. The van der Waals surface area contributed by atoms with Gasteiger partial charge in [-0.2, -0.15) is 0 Å². The van der Waals surface area contributed by atoms with Crippen molar-refractivity contribution >= 4 is 28.3 Å². The lowest BCUT2D eigenvalue weighted by Gasteiger charge is -2.23. The van der Waals surface area contributed by atoms with Crippen LogP contribution < -0.4 is 4.90 Å². The summed E-state index contributed by atoms with van der Waals surface area (Å²) in [5, 5.41) is 0.452. The zero-order valence-electron chi connectivity index (χ0n) is 16.1. The molecule has 1 unspecified atom stereocenters. The molecular formula is C20H25FN2O3S. The Kier molecular flexibility index (Phi) is 7.47. The van der Waals surface area contributed by atoms with Crippen LogP contribution in [0, 0.1) is 18.7 Å². The molecule has 0 aliphatic carbocycles. The highest BCUT2D eigenvalue weighted by molar-refractivity contribution is 7.17. The molecule has 0 saturated carbocycles. The first-order valence-corrected chi connectivity index (χ1v) is 9.89. The van der Waals surface area contributed by atoms with Crippen molar-refractivity contribution < 1.29 is 18.7 Å². The van der Waals surface area contributed by atoms with Crippen molar-refractivity contribution in [2.75, 3.05) is 11.5 Å². The van der Waals surface area contributed by atoms with Gasteiger partial charge in [0.25, 0.3) is 0 Å². The Labute approximate surface area is 163 Å². The smallest absolute Gasteiger partial charge is 0.350 e. The van der Waals surface area contributed by atoms with E-state index in [4.69, 9.17) is 4.74 Å². The van der Waals surface area contributed by atoms with Gasteiger partial charge in [-0.15, -0.1) is 0 Å². The van der Waals surface area contributed by atoms with E-state index in [9.17, 15) is 14.0 Å². The van der Waals surface area contributed by atoms with Crippen molar-refractivity contribution in [2.24, 2.45) is 5.92 Å². The standard InChI is InChI=1S/C20H25FN2O3S/c1-5-7-13(3)18(24)23(12-15-8-10-16(21)11-9-15)20-22-14(4)17(27-20)19(25)26-6-2/h8-11,13H,5-7,12H2,1-4H3. The average molecular weight is 392 g/mol. The lowest BCUT2D eigenvalue weighted by atomic mass is 10.0. The second-order valence-corrected chi connectivity index (χ2v) is 7.35. The van der Waals surface area contributed by atoms with Crippen LogP contribution in [0.15, 0.2) is 24.3 Å². The number of halogens is 1.